The van der Waals surface area contributed by atoms with Crippen LogP contribution < -0.4 is 16.0 Å². The number of aromatic nitrogens is 6. The van der Waals surface area contributed by atoms with Crippen LogP contribution in [-0.2, 0) is 6.54 Å². The van der Waals surface area contributed by atoms with Gasteiger partial charge < -0.3 is 9.88 Å². The number of hydrogen-bond acceptors (Lipinski definition) is 5. The van der Waals surface area contributed by atoms with Gasteiger partial charge in [0, 0.05) is 36.8 Å². The molecule has 1 N–H and O–H groups in total. The van der Waals surface area contributed by atoms with Gasteiger partial charge in [-0.3, -0.25) is 4.98 Å². The van der Waals surface area contributed by atoms with Crippen molar-refractivity contribution in [2.75, 3.05) is 5.32 Å². The van der Waals surface area contributed by atoms with Crippen LogP contribution >= 0.6 is 0 Å². The van der Waals surface area contributed by atoms with E-state index in [1.165, 1.54) is 18.6 Å². The van der Waals surface area contributed by atoms with Gasteiger partial charge in [-0.25, -0.2) is 18.4 Å². The molecule has 0 radical (unpaired) electrons. The molecular weight excluding hydrogens is 352 g/mol. The van der Waals surface area contributed by atoms with Crippen molar-refractivity contribution in [2.45, 2.75) is 13.0 Å². The molecule has 0 saturated heterocycles. The van der Waals surface area contributed by atoms with Crippen molar-refractivity contribution in [3.63, 3.8) is 0 Å². The number of nitrogens with zero attached hydrogens (tertiary/aromatic N) is 6. The lowest BCUT2D eigenvalue weighted by Gasteiger charge is -2.09. The molecule has 9 heteroatoms. The molecule has 0 aliphatic carbocycles. The molecule has 0 spiro atoms. The van der Waals surface area contributed by atoms with Crippen LogP contribution in [0.5, 0.6) is 0 Å². The second-order valence-corrected chi connectivity index (χ2v) is 6.42. The number of pyridine rings is 1. The molecule has 7 nitrogen and oxygen atoms in total. The maximum absolute atomic E-state index is 15.2. The van der Waals surface area contributed by atoms with Gasteiger partial charge in [-0.1, -0.05) is 0 Å². The van der Waals surface area contributed by atoms with Crippen molar-refractivity contribution >= 4 is 28.7 Å². The first-order valence-electron chi connectivity index (χ1n) is 8.42. The third-order valence-electron chi connectivity index (χ3n) is 5.00. The summed E-state index contributed by atoms with van der Waals surface area (Å²) >= 11 is 0. The lowest BCUT2D eigenvalue weighted by atomic mass is 10.1. The normalized spacial score (nSPS) is 14.5. The zero-order valence-electron chi connectivity index (χ0n) is 13.8. The predicted molar refractivity (Wildman–Crippen MR) is 93.7 cm³/mol. The first kappa shape index (κ1) is 14.5. The second-order valence-electron chi connectivity index (χ2n) is 6.42. The summed E-state index contributed by atoms with van der Waals surface area (Å²) in [5.74, 6) is -0.486. The molecule has 0 amide bonds. The minimum absolute atomic E-state index is 0.142. The van der Waals surface area contributed by atoms with Crippen LogP contribution in [0.25, 0.3) is 34.2 Å². The Hall–Kier alpha value is -3.62. The monoisotopic (exact) mass is 363 g/mol. The predicted octanol–water partition coefficient (Wildman–Crippen LogP) is 1.19. The van der Waals surface area contributed by atoms with Crippen LogP contribution in [0.1, 0.15) is 6.42 Å². The fourth-order valence-electron chi connectivity index (χ4n) is 3.85. The van der Waals surface area contributed by atoms with E-state index in [1.807, 2.05) is 4.57 Å². The smallest absolute Gasteiger partial charge is 0.229 e. The summed E-state index contributed by atoms with van der Waals surface area (Å²) in [6.45, 7) is 0.560. The van der Waals surface area contributed by atoms with E-state index in [0.717, 1.165) is 11.0 Å². The van der Waals surface area contributed by atoms with Gasteiger partial charge in [0.25, 0.3) is 0 Å². The summed E-state index contributed by atoms with van der Waals surface area (Å²) in [5.41, 5.74) is 1.04. The third kappa shape index (κ3) is 1.82. The highest BCUT2D eigenvalue weighted by Gasteiger charge is 2.27. The van der Waals surface area contributed by atoms with Gasteiger partial charge in [0.2, 0.25) is 5.95 Å². The molecule has 5 heterocycles. The summed E-state index contributed by atoms with van der Waals surface area (Å²) in [5, 5.41) is 8.97. The highest BCUT2D eigenvalue weighted by Crippen LogP contribution is 2.30. The number of hydrogen-bond donors (Lipinski definition) is 1. The molecule has 132 valence electrons. The van der Waals surface area contributed by atoms with Gasteiger partial charge in [-0.05, 0) is 12.1 Å². The average Bonchev–Trinajstić information content (AvgIpc) is 3.35. The number of nitrogens with one attached hydrogen (secondary N) is 1. The Bertz CT molecular complexity index is 1380. The molecule has 27 heavy (non-hydrogen) atoms. The van der Waals surface area contributed by atoms with Crippen LogP contribution in [0.2, 0.25) is 0 Å². The number of fused-ring (bicyclic) bond motifs is 3. The third-order valence-corrected chi connectivity index (χ3v) is 5.00. The Balaban J connectivity index is 1.71. The highest BCUT2D eigenvalue weighted by atomic mass is 19.1. The van der Waals surface area contributed by atoms with Crippen LogP contribution in [0.4, 0.5) is 14.7 Å². The SMILES string of the molecule is Fc1cc2ncccc2c(F)c1-c1nc2c3n1CCC=3n1ncnc1NC=2. The van der Waals surface area contributed by atoms with E-state index in [2.05, 4.69) is 25.4 Å². The van der Waals surface area contributed by atoms with Crippen LogP contribution in [-0.4, -0.2) is 29.3 Å². The zero-order valence-corrected chi connectivity index (χ0v) is 13.8. The number of halogens is 2. The summed E-state index contributed by atoms with van der Waals surface area (Å²) in [7, 11) is 0. The van der Waals surface area contributed by atoms with Crippen molar-refractivity contribution < 1.29 is 8.78 Å². The number of rotatable bonds is 1. The summed E-state index contributed by atoms with van der Waals surface area (Å²) < 4.78 is 33.6. The van der Waals surface area contributed by atoms with E-state index in [0.29, 0.717) is 24.3 Å². The van der Waals surface area contributed by atoms with Gasteiger partial charge in [0.1, 0.15) is 29.1 Å². The number of anilines is 1. The molecular formula is C18H11F2N7. The zero-order chi connectivity index (χ0) is 18.1. The van der Waals surface area contributed by atoms with E-state index < -0.39 is 11.6 Å². The topological polar surface area (TPSA) is 73.5 Å². The van der Waals surface area contributed by atoms with Gasteiger partial charge in [0.05, 0.1) is 22.1 Å². The van der Waals surface area contributed by atoms with Crippen LogP contribution in [0.3, 0.4) is 0 Å². The minimum Gasteiger partial charge on any atom is -0.328 e. The molecule has 0 atom stereocenters. The Morgan fingerprint density at radius 3 is 3.04 bits per heavy atom. The van der Waals surface area contributed by atoms with Crippen molar-refractivity contribution in [3.05, 3.63) is 53.1 Å². The lowest BCUT2D eigenvalue weighted by molar-refractivity contribution is 0.591. The molecule has 4 aromatic rings. The molecule has 0 bridgehead atoms. The van der Waals surface area contributed by atoms with Gasteiger partial charge in [0.15, 0.2) is 0 Å². The summed E-state index contributed by atoms with van der Waals surface area (Å²) in [6, 6.07) is 4.46. The van der Waals surface area contributed by atoms with Crippen molar-refractivity contribution in [3.8, 4) is 11.4 Å². The fraction of sp³-hybridized carbons (Fsp3) is 0.111. The Labute approximate surface area is 150 Å². The van der Waals surface area contributed by atoms with E-state index in [-0.39, 0.29) is 22.3 Å². The molecule has 6 rings (SSSR count). The fourth-order valence-corrected chi connectivity index (χ4v) is 3.85. The van der Waals surface area contributed by atoms with Crippen LogP contribution in [0.15, 0.2) is 30.7 Å². The maximum atomic E-state index is 15.2. The standard InChI is InChI=1S/C18H11F2N7/c19-10-6-11-9(2-1-4-21-11)15(20)14(10)17-25-12-7-22-18-23-8-24-27(18)13-3-5-26(17)16(12)13/h1-2,4,6-8H,3,5H2,(H,22,23,24). The molecule has 3 aromatic heterocycles. The quantitative estimate of drug-likeness (QED) is 0.550. The molecule has 0 saturated carbocycles. The van der Waals surface area contributed by atoms with E-state index >= 15 is 4.39 Å². The molecule has 0 unspecified atom stereocenters. The second kappa shape index (κ2) is 4.97. The van der Waals surface area contributed by atoms with E-state index in [9.17, 15) is 4.39 Å². The molecule has 0 fully saturated rings. The average molecular weight is 363 g/mol. The summed E-state index contributed by atoms with van der Waals surface area (Å²) in [6.07, 6.45) is 5.33. The van der Waals surface area contributed by atoms with Crippen molar-refractivity contribution in [2.24, 2.45) is 0 Å². The van der Waals surface area contributed by atoms with Crippen LogP contribution in [0, 0.1) is 11.6 Å². The molecule has 2 aliphatic heterocycles. The minimum atomic E-state index is -0.682. The van der Waals surface area contributed by atoms with Crippen molar-refractivity contribution in [1.82, 2.24) is 29.3 Å². The number of benzene rings is 1. The molecule has 1 aromatic carbocycles. The summed E-state index contributed by atoms with van der Waals surface area (Å²) in [4.78, 5) is 12.7. The van der Waals surface area contributed by atoms with E-state index in [1.54, 1.807) is 23.0 Å². The van der Waals surface area contributed by atoms with E-state index in [4.69, 9.17) is 0 Å². The lowest BCUT2D eigenvalue weighted by Crippen LogP contribution is -2.29. The largest absolute Gasteiger partial charge is 0.328 e. The highest BCUT2D eigenvalue weighted by molar-refractivity contribution is 5.84. The van der Waals surface area contributed by atoms with Gasteiger partial charge in [-0.2, -0.15) is 10.1 Å². The van der Waals surface area contributed by atoms with Gasteiger partial charge in [-0.15, -0.1) is 0 Å². The first-order valence-corrected chi connectivity index (χ1v) is 8.42. The molecule has 2 aliphatic rings. The van der Waals surface area contributed by atoms with Gasteiger partial charge >= 0.3 is 0 Å². The maximum Gasteiger partial charge on any atom is 0.229 e. The van der Waals surface area contributed by atoms with Crippen molar-refractivity contribution in [1.29, 1.82) is 0 Å². The Morgan fingerprint density at radius 2 is 2.11 bits per heavy atom. The Kier molecular flexibility index (Phi) is 2.67. The number of imidazole rings is 1. The first-order chi connectivity index (χ1) is 13.2. The Morgan fingerprint density at radius 1 is 1.19 bits per heavy atom.